The Bertz CT molecular complexity index is 723. The summed E-state index contributed by atoms with van der Waals surface area (Å²) in [5, 5.41) is 2.72. The summed E-state index contributed by atoms with van der Waals surface area (Å²) in [7, 11) is 0. The predicted octanol–water partition coefficient (Wildman–Crippen LogP) is 3.83. The average Bonchev–Trinajstić information content (AvgIpc) is 2.60. The van der Waals surface area contributed by atoms with Gasteiger partial charge in [-0.15, -0.1) is 0 Å². The molecule has 0 atom stereocenters. The van der Waals surface area contributed by atoms with E-state index in [0.29, 0.717) is 29.5 Å². The number of amides is 1. The summed E-state index contributed by atoms with van der Waals surface area (Å²) in [5.74, 6) is 0.203. The predicted molar refractivity (Wildman–Crippen MR) is 96.9 cm³/mol. The zero-order valence-corrected chi connectivity index (χ0v) is 14.7. The molecule has 2 rings (SSSR count). The maximum atomic E-state index is 12.0. The first kappa shape index (κ1) is 18.5. The van der Waals surface area contributed by atoms with E-state index >= 15 is 0 Å². The van der Waals surface area contributed by atoms with Crippen LogP contribution in [0, 0.1) is 12.8 Å². The van der Waals surface area contributed by atoms with Gasteiger partial charge in [0.15, 0.2) is 6.61 Å². The molecule has 2 aromatic rings. The number of benzene rings is 2. The van der Waals surface area contributed by atoms with E-state index in [-0.39, 0.29) is 12.5 Å². The van der Waals surface area contributed by atoms with Gasteiger partial charge in [0.1, 0.15) is 5.75 Å². The summed E-state index contributed by atoms with van der Waals surface area (Å²) < 4.78 is 10.6. The molecule has 0 saturated heterocycles. The number of anilines is 1. The van der Waals surface area contributed by atoms with Gasteiger partial charge >= 0.3 is 5.97 Å². The molecule has 0 fully saturated rings. The molecule has 132 valence electrons. The van der Waals surface area contributed by atoms with Crippen molar-refractivity contribution in [1.82, 2.24) is 0 Å². The number of rotatable bonds is 7. The van der Waals surface area contributed by atoms with Gasteiger partial charge < -0.3 is 14.8 Å². The number of para-hydroxylation sites is 1. The van der Waals surface area contributed by atoms with E-state index in [4.69, 9.17) is 9.47 Å². The Morgan fingerprint density at radius 2 is 1.72 bits per heavy atom. The number of aryl methyl sites for hydroxylation is 1. The van der Waals surface area contributed by atoms with Crippen molar-refractivity contribution in [2.75, 3.05) is 18.5 Å². The molecular formula is C20H23NO4. The first-order valence-electron chi connectivity index (χ1n) is 8.21. The van der Waals surface area contributed by atoms with Crippen LogP contribution >= 0.6 is 0 Å². The molecule has 0 saturated carbocycles. The lowest BCUT2D eigenvalue weighted by Gasteiger charge is -2.10. The van der Waals surface area contributed by atoms with E-state index in [1.165, 1.54) is 0 Å². The molecule has 1 amide bonds. The van der Waals surface area contributed by atoms with Crippen LogP contribution in [0.4, 0.5) is 5.69 Å². The highest BCUT2D eigenvalue weighted by molar-refractivity contribution is 5.95. The Labute approximate surface area is 148 Å². The monoisotopic (exact) mass is 341 g/mol. The molecule has 2 aromatic carbocycles. The molecule has 0 unspecified atom stereocenters. The van der Waals surface area contributed by atoms with Gasteiger partial charge in [-0.2, -0.15) is 0 Å². The number of ether oxygens (including phenoxy) is 2. The molecule has 0 radical (unpaired) electrons. The molecule has 0 aliphatic heterocycles. The fourth-order valence-corrected chi connectivity index (χ4v) is 2.06. The number of nitrogens with one attached hydrogen (secondary N) is 1. The number of esters is 1. The first-order chi connectivity index (χ1) is 12.0. The second kappa shape index (κ2) is 8.87. The summed E-state index contributed by atoms with van der Waals surface area (Å²) in [6.45, 7) is 6.30. The van der Waals surface area contributed by atoms with Crippen molar-refractivity contribution < 1.29 is 19.1 Å². The molecule has 0 spiro atoms. The van der Waals surface area contributed by atoms with Crippen LogP contribution in [0.15, 0.2) is 48.5 Å². The second-order valence-electron chi connectivity index (χ2n) is 6.17. The molecule has 0 bridgehead atoms. The highest BCUT2D eigenvalue weighted by atomic mass is 16.5. The molecular weight excluding hydrogens is 318 g/mol. The summed E-state index contributed by atoms with van der Waals surface area (Å²) in [4.78, 5) is 23.9. The van der Waals surface area contributed by atoms with Crippen molar-refractivity contribution in [2.24, 2.45) is 5.92 Å². The van der Waals surface area contributed by atoms with Gasteiger partial charge in [-0.25, -0.2) is 4.79 Å². The minimum atomic E-state index is -0.546. The first-order valence-corrected chi connectivity index (χ1v) is 8.21. The maximum Gasteiger partial charge on any atom is 0.338 e. The number of hydrogen-bond donors (Lipinski definition) is 1. The van der Waals surface area contributed by atoms with E-state index in [1.54, 1.807) is 30.3 Å². The third-order valence-electron chi connectivity index (χ3n) is 3.43. The zero-order chi connectivity index (χ0) is 18.2. The van der Waals surface area contributed by atoms with Crippen LogP contribution in [0.3, 0.4) is 0 Å². The van der Waals surface area contributed by atoms with E-state index in [0.717, 1.165) is 5.56 Å². The van der Waals surface area contributed by atoms with E-state index in [1.807, 2.05) is 25.1 Å². The molecule has 25 heavy (non-hydrogen) atoms. The Hall–Kier alpha value is -2.82. The van der Waals surface area contributed by atoms with Crippen LogP contribution in [-0.2, 0) is 9.53 Å². The van der Waals surface area contributed by atoms with E-state index < -0.39 is 5.97 Å². The standard InChI is InChI=1S/C20H23NO4/c1-14(2)12-24-17-10-8-16(9-11-17)20(23)25-13-19(22)21-18-7-5-4-6-15(18)3/h4-11,14H,12-13H2,1-3H3,(H,21,22). The van der Waals surface area contributed by atoms with Crippen LogP contribution in [0.5, 0.6) is 5.75 Å². The zero-order valence-electron chi connectivity index (χ0n) is 14.7. The van der Waals surface area contributed by atoms with Crippen molar-refractivity contribution in [2.45, 2.75) is 20.8 Å². The van der Waals surface area contributed by atoms with Gasteiger partial charge in [-0.05, 0) is 48.7 Å². The Kier molecular flexibility index (Phi) is 6.57. The van der Waals surface area contributed by atoms with Crippen LogP contribution in [-0.4, -0.2) is 25.1 Å². The molecule has 0 aliphatic rings. The summed E-state index contributed by atoms with van der Waals surface area (Å²) in [6, 6.07) is 14.1. The Balaban J connectivity index is 1.83. The lowest BCUT2D eigenvalue weighted by molar-refractivity contribution is -0.119. The molecule has 0 aliphatic carbocycles. The van der Waals surface area contributed by atoms with Gasteiger partial charge in [0.05, 0.1) is 12.2 Å². The highest BCUT2D eigenvalue weighted by Gasteiger charge is 2.11. The quantitative estimate of drug-likeness (QED) is 0.778. The van der Waals surface area contributed by atoms with Gasteiger partial charge in [-0.3, -0.25) is 4.79 Å². The van der Waals surface area contributed by atoms with Gasteiger partial charge in [-0.1, -0.05) is 32.0 Å². The van der Waals surface area contributed by atoms with Crippen molar-refractivity contribution >= 4 is 17.6 Å². The number of carbonyl (C=O) groups is 2. The second-order valence-corrected chi connectivity index (χ2v) is 6.17. The largest absolute Gasteiger partial charge is 0.493 e. The van der Waals surface area contributed by atoms with Crippen molar-refractivity contribution in [1.29, 1.82) is 0 Å². The van der Waals surface area contributed by atoms with E-state index in [2.05, 4.69) is 19.2 Å². The fraction of sp³-hybridized carbons (Fsp3) is 0.300. The lowest BCUT2D eigenvalue weighted by atomic mass is 10.2. The normalized spacial score (nSPS) is 10.4. The van der Waals surface area contributed by atoms with Crippen LogP contribution < -0.4 is 10.1 Å². The van der Waals surface area contributed by atoms with E-state index in [9.17, 15) is 9.59 Å². The third kappa shape index (κ3) is 5.95. The molecule has 1 N–H and O–H groups in total. The summed E-state index contributed by atoms with van der Waals surface area (Å²) in [5.41, 5.74) is 2.02. The highest BCUT2D eigenvalue weighted by Crippen LogP contribution is 2.15. The minimum Gasteiger partial charge on any atom is -0.493 e. The number of carbonyl (C=O) groups excluding carboxylic acids is 2. The summed E-state index contributed by atoms with van der Waals surface area (Å²) >= 11 is 0. The van der Waals surface area contributed by atoms with Gasteiger partial charge in [0.2, 0.25) is 0 Å². The smallest absolute Gasteiger partial charge is 0.338 e. The SMILES string of the molecule is Cc1ccccc1NC(=O)COC(=O)c1ccc(OCC(C)C)cc1. The van der Waals surface area contributed by atoms with Crippen LogP contribution in [0.2, 0.25) is 0 Å². The topological polar surface area (TPSA) is 64.6 Å². The Morgan fingerprint density at radius 3 is 2.36 bits per heavy atom. The molecule has 0 aromatic heterocycles. The lowest BCUT2D eigenvalue weighted by Crippen LogP contribution is -2.21. The number of hydrogen-bond acceptors (Lipinski definition) is 4. The molecule has 5 heteroatoms. The van der Waals surface area contributed by atoms with Crippen LogP contribution in [0.25, 0.3) is 0 Å². The average molecular weight is 341 g/mol. The molecule has 5 nitrogen and oxygen atoms in total. The summed E-state index contributed by atoms with van der Waals surface area (Å²) in [6.07, 6.45) is 0. The van der Waals surface area contributed by atoms with Gasteiger partial charge in [0.25, 0.3) is 5.91 Å². The van der Waals surface area contributed by atoms with Crippen LogP contribution in [0.1, 0.15) is 29.8 Å². The van der Waals surface area contributed by atoms with Crippen molar-refractivity contribution in [3.63, 3.8) is 0 Å². The van der Waals surface area contributed by atoms with Gasteiger partial charge in [0, 0.05) is 5.69 Å². The minimum absolute atomic E-state index is 0.335. The van der Waals surface area contributed by atoms with Crippen molar-refractivity contribution in [3.05, 3.63) is 59.7 Å². The fourth-order valence-electron chi connectivity index (χ4n) is 2.06. The van der Waals surface area contributed by atoms with Crippen molar-refractivity contribution in [3.8, 4) is 5.75 Å². The maximum absolute atomic E-state index is 12.0. The molecule has 0 heterocycles. The third-order valence-corrected chi connectivity index (χ3v) is 3.43. The Morgan fingerprint density at radius 1 is 1.04 bits per heavy atom.